The van der Waals surface area contributed by atoms with E-state index in [0.29, 0.717) is 25.3 Å². The molecule has 1 aliphatic rings. The standard InChI is InChI=1S/C20H21F3N4O.2CH4/c21-20(22,23)15-4-3-5-16(14-15)26-11-8-25(9-12-26)10-13-27-18-7-2-1-6-17(18)24-19(27)28;;/h1-7,14H,8-13H2,(H,24,28);2*1H4. The van der Waals surface area contributed by atoms with E-state index < -0.39 is 11.7 Å². The molecule has 1 aromatic heterocycles. The van der Waals surface area contributed by atoms with E-state index in [1.165, 1.54) is 12.1 Å². The van der Waals surface area contributed by atoms with Gasteiger partial charge in [0.1, 0.15) is 0 Å². The summed E-state index contributed by atoms with van der Waals surface area (Å²) in [6, 6.07) is 13.1. The normalized spacial score (nSPS) is 15.0. The number of aromatic amines is 1. The molecule has 1 fully saturated rings. The summed E-state index contributed by atoms with van der Waals surface area (Å²) < 4.78 is 40.5. The van der Waals surface area contributed by atoms with E-state index in [1.807, 2.05) is 29.2 Å². The van der Waals surface area contributed by atoms with Gasteiger partial charge in [-0.15, -0.1) is 0 Å². The number of para-hydroxylation sites is 2. The van der Waals surface area contributed by atoms with Crippen molar-refractivity contribution in [1.82, 2.24) is 14.5 Å². The third-order valence-corrected chi connectivity index (χ3v) is 5.23. The smallest absolute Gasteiger partial charge is 0.369 e. The summed E-state index contributed by atoms with van der Waals surface area (Å²) in [4.78, 5) is 19.2. The molecule has 0 atom stereocenters. The number of anilines is 1. The zero-order valence-electron chi connectivity index (χ0n) is 15.2. The van der Waals surface area contributed by atoms with Crippen LogP contribution in [0.3, 0.4) is 0 Å². The van der Waals surface area contributed by atoms with Gasteiger partial charge in [-0.1, -0.05) is 33.1 Å². The van der Waals surface area contributed by atoms with E-state index in [1.54, 1.807) is 10.6 Å². The highest BCUT2D eigenvalue weighted by Crippen LogP contribution is 2.31. The van der Waals surface area contributed by atoms with E-state index in [9.17, 15) is 18.0 Å². The number of piperazine rings is 1. The average Bonchev–Trinajstić information content (AvgIpc) is 3.01. The molecule has 5 nitrogen and oxygen atoms in total. The number of rotatable bonds is 4. The van der Waals surface area contributed by atoms with Crippen LogP contribution < -0.4 is 10.6 Å². The average molecular weight is 422 g/mol. The Hall–Kier alpha value is -2.74. The highest BCUT2D eigenvalue weighted by atomic mass is 19.4. The fourth-order valence-corrected chi connectivity index (χ4v) is 3.68. The lowest BCUT2D eigenvalue weighted by atomic mass is 10.1. The van der Waals surface area contributed by atoms with E-state index in [0.717, 1.165) is 36.7 Å². The summed E-state index contributed by atoms with van der Waals surface area (Å²) in [6.07, 6.45) is -4.33. The number of benzene rings is 2. The Kier molecular flexibility index (Phi) is 7.36. The Bertz CT molecular complexity index is 1020. The van der Waals surface area contributed by atoms with E-state index >= 15 is 0 Å². The van der Waals surface area contributed by atoms with Crippen LogP contribution in [0.5, 0.6) is 0 Å². The van der Waals surface area contributed by atoms with Crippen LogP contribution >= 0.6 is 0 Å². The fraction of sp³-hybridized carbons (Fsp3) is 0.409. The third kappa shape index (κ3) is 4.87. The second-order valence-corrected chi connectivity index (χ2v) is 6.98. The lowest BCUT2D eigenvalue weighted by molar-refractivity contribution is -0.137. The highest BCUT2D eigenvalue weighted by molar-refractivity contribution is 5.74. The number of nitrogens with one attached hydrogen (secondary N) is 1. The third-order valence-electron chi connectivity index (χ3n) is 5.23. The van der Waals surface area contributed by atoms with Gasteiger partial charge in [-0.25, -0.2) is 4.79 Å². The van der Waals surface area contributed by atoms with Crippen molar-refractivity contribution in [3.05, 3.63) is 64.6 Å². The molecule has 0 radical (unpaired) electrons. The largest absolute Gasteiger partial charge is 0.416 e. The van der Waals surface area contributed by atoms with Crippen LogP contribution in [0.4, 0.5) is 18.9 Å². The highest BCUT2D eigenvalue weighted by Gasteiger charge is 2.31. The number of fused-ring (bicyclic) bond motifs is 1. The summed E-state index contributed by atoms with van der Waals surface area (Å²) in [5.74, 6) is 0. The second kappa shape index (κ2) is 9.38. The van der Waals surface area contributed by atoms with Gasteiger partial charge in [0.25, 0.3) is 0 Å². The summed E-state index contributed by atoms with van der Waals surface area (Å²) in [6.45, 7) is 4.10. The molecule has 1 N–H and O–H groups in total. The van der Waals surface area contributed by atoms with Crippen LogP contribution in [0.2, 0.25) is 0 Å². The van der Waals surface area contributed by atoms with E-state index in [-0.39, 0.29) is 20.5 Å². The Balaban J connectivity index is 0.00000160. The lowest BCUT2D eigenvalue weighted by Gasteiger charge is -2.36. The number of hydrogen-bond donors (Lipinski definition) is 1. The zero-order valence-corrected chi connectivity index (χ0v) is 15.2. The first kappa shape index (κ1) is 23.5. The van der Waals surface area contributed by atoms with E-state index in [2.05, 4.69) is 9.88 Å². The molecule has 3 aromatic rings. The van der Waals surface area contributed by atoms with Gasteiger partial charge in [-0.2, -0.15) is 13.2 Å². The molecule has 1 aliphatic heterocycles. The molecule has 0 aliphatic carbocycles. The number of alkyl halides is 3. The van der Waals surface area contributed by atoms with Crippen molar-refractivity contribution in [2.75, 3.05) is 37.6 Å². The van der Waals surface area contributed by atoms with Crippen LogP contribution in [0.1, 0.15) is 20.4 Å². The second-order valence-electron chi connectivity index (χ2n) is 6.98. The summed E-state index contributed by atoms with van der Waals surface area (Å²) in [5.41, 5.74) is 1.56. The molecule has 2 heterocycles. The predicted molar refractivity (Wildman–Crippen MR) is 116 cm³/mol. The summed E-state index contributed by atoms with van der Waals surface area (Å²) in [7, 11) is 0. The van der Waals surface area contributed by atoms with Crippen LogP contribution in [0.15, 0.2) is 53.3 Å². The monoisotopic (exact) mass is 422 g/mol. The molecule has 4 rings (SSSR count). The van der Waals surface area contributed by atoms with Crippen LogP contribution in [0, 0.1) is 0 Å². The van der Waals surface area contributed by atoms with Crippen LogP contribution in [-0.2, 0) is 12.7 Å². The van der Waals surface area contributed by atoms with Crippen molar-refractivity contribution in [3.8, 4) is 0 Å². The first-order valence-corrected chi connectivity index (χ1v) is 9.24. The van der Waals surface area contributed by atoms with Crippen molar-refractivity contribution in [2.24, 2.45) is 0 Å². The molecule has 0 unspecified atom stereocenters. The molecule has 1 saturated heterocycles. The number of H-pyrrole nitrogens is 1. The van der Waals surface area contributed by atoms with Gasteiger partial charge in [0.05, 0.1) is 16.6 Å². The Morgan fingerprint density at radius 2 is 1.60 bits per heavy atom. The molecule has 0 bridgehead atoms. The van der Waals surface area contributed by atoms with Crippen molar-refractivity contribution in [3.63, 3.8) is 0 Å². The Morgan fingerprint density at radius 1 is 0.900 bits per heavy atom. The van der Waals surface area contributed by atoms with Gasteiger partial charge < -0.3 is 9.88 Å². The van der Waals surface area contributed by atoms with Crippen molar-refractivity contribution >= 4 is 16.7 Å². The minimum atomic E-state index is -4.33. The molecule has 8 heteroatoms. The van der Waals surface area contributed by atoms with Crippen LogP contribution in [-0.4, -0.2) is 47.2 Å². The topological polar surface area (TPSA) is 44.3 Å². The number of imidazole rings is 1. The van der Waals surface area contributed by atoms with Crippen molar-refractivity contribution in [1.29, 1.82) is 0 Å². The van der Waals surface area contributed by atoms with Gasteiger partial charge in [0, 0.05) is 45.0 Å². The van der Waals surface area contributed by atoms with Gasteiger partial charge in [-0.05, 0) is 30.3 Å². The van der Waals surface area contributed by atoms with Gasteiger partial charge in [-0.3, -0.25) is 9.47 Å². The Labute approximate surface area is 174 Å². The van der Waals surface area contributed by atoms with Gasteiger partial charge >= 0.3 is 11.9 Å². The molecule has 30 heavy (non-hydrogen) atoms. The van der Waals surface area contributed by atoms with Crippen LogP contribution in [0.25, 0.3) is 11.0 Å². The van der Waals surface area contributed by atoms with Gasteiger partial charge in [0.2, 0.25) is 0 Å². The first-order chi connectivity index (χ1) is 13.4. The molecule has 2 aromatic carbocycles. The minimum Gasteiger partial charge on any atom is -0.369 e. The van der Waals surface area contributed by atoms with Crippen molar-refractivity contribution < 1.29 is 13.2 Å². The summed E-state index contributed by atoms with van der Waals surface area (Å²) in [5, 5.41) is 0. The molecule has 0 amide bonds. The lowest BCUT2D eigenvalue weighted by Crippen LogP contribution is -2.47. The van der Waals surface area contributed by atoms with E-state index in [4.69, 9.17) is 0 Å². The van der Waals surface area contributed by atoms with Crippen molar-refractivity contribution in [2.45, 2.75) is 27.6 Å². The molecular weight excluding hydrogens is 393 g/mol. The SMILES string of the molecule is C.C.O=c1[nH]c2ccccc2n1CCN1CCN(c2cccc(C(F)(F)F)c2)CC1. The summed E-state index contributed by atoms with van der Waals surface area (Å²) >= 11 is 0. The molecular formula is C22H29F3N4O. The number of nitrogens with zero attached hydrogens (tertiary/aromatic N) is 3. The molecule has 0 spiro atoms. The molecule has 0 saturated carbocycles. The number of halogens is 3. The zero-order chi connectivity index (χ0) is 19.7. The maximum absolute atomic E-state index is 12.9. The quantitative estimate of drug-likeness (QED) is 0.676. The number of aromatic nitrogens is 2. The maximum Gasteiger partial charge on any atom is 0.416 e. The first-order valence-electron chi connectivity index (χ1n) is 9.24. The molecule has 164 valence electrons. The fourth-order valence-electron chi connectivity index (χ4n) is 3.68. The predicted octanol–water partition coefficient (Wildman–Crippen LogP) is 4.44. The number of hydrogen-bond acceptors (Lipinski definition) is 3. The Morgan fingerprint density at radius 3 is 2.30 bits per heavy atom. The van der Waals surface area contributed by atoms with Gasteiger partial charge in [0.15, 0.2) is 0 Å². The minimum absolute atomic E-state index is 0. The maximum atomic E-state index is 12.9.